The van der Waals surface area contributed by atoms with Gasteiger partial charge in [0.25, 0.3) is 5.91 Å². The molecule has 4 heteroatoms. The molecule has 0 atom stereocenters. The summed E-state index contributed by atoms with van der Waals surface area (Å²) in [4.78, 5) is 11.8. The van der Waals surface area contributed by atoms with Gasteiger partial charge in [-0.25, -0.2) is 0 Å². The van der Waals surface area contributed by atoms with Gasteiger partial charge in [-0.3, -0.25) is 4.79 Å². The Morgan fingerprint density at radius 1 is 1.41 bits per heavy atom. The molecule has 1 saturated carbocycles. The van der Waals surface area contributed by atoms with Crippen molar-refractivity contribution in [3.8, 4) is 0 Å². The van der Waals surface area contributed by atoms with Crippen molar-refractivity contribution in [2.75, 3.05) is 13.2 Å². The molecule has 1 aromatic heterocycles. The molecule has 0 saturated heterocycles. The lowest BCUT2D eigenvalue weighted by Crippen LogP contribution is -2.41. The van der Waals surface area contributed by atoms with Crippen LogP contribution >= 0.6 is 11.3 Å². The van der Waals surface area contributed by atoms with Crippen LogP contribution < -0.4 is 5.32 Å². The molecule has 0 radical (unpaired) electrons. The second kappa shape index (κ2) is 5.65. The highest BCUT2D eigenvalue weighted by atomic mass is 32.1. The van der Waals surface area contributed by atoms with E-state index in [0.29, 0.717) is 6.54 Å². The molecule has 2 N–H and O–H groups in total. The molecule has 0 bridgehead atoms. The van der Waals surface area contributed by atoms with Crippen molar-refractivity contribution in [3.63, 3.8) is 0 Å². The Balaban J connectivity index is 1.89. The van der Waals surface area contributed by atoms with Gasteiger partial charge >= 0.3 is 0 Å². The Morgan fingerprint density at radius 3 is 2.76 bits per heavy atom. The third-order valence-corrected chi connectivity index (χ3v) is 4.34. The summed E-state index contributed by atoms with van der Waals surface area (Å²) >= 11 is 1.52. The second-order valence-electron chi connectivity index (χ2n) is 4.91. The number of hydrogen-bond acceptors (Lipinski definition) is 3. The molecule has 2 rings (SSSR count). The van der Waals surface area contributed by atoms with Crippen LogP contribution in [0.5, 0.6) is 0 Å². The van der Waals surface area contributed by atoms with E-state index in [4.69, 9.17) is 0 Å². The maximum absolute atomic E-state index is 11.8. The minimum atomic E-state index is -0.0794. The lowest BCUT2D eigenvalue weighted by molar-refractivity contribution is 0.0718. The molecule has 17 heavy (non-hydrogen) atoms. The van der Waals surface area contributed by atoms with E-state index in [0.717, 1.165) is 31.2 Å². The van der Waals surface area contributed by atoms with Crippen molar-refractivity contribution >= 4 is 17.2 Å². The summed E-state index contributed by atoms with van der Waals surface area (Å²) in [5.74, 6) is -0.0235. The van der Waals surface area contributed by atoms with E-state index < -0.39 is 0 Å². The molecule has 0 unspecified atom stereocenters. The van der Waals surface area contributed by atoms with Gasteiger partial charge in [-0.1, -0.05) is 19.3 Å². The van der Waals surface area contributed by atoms with Crippen LogP contribution in [0, 0.1) is 5.41 Å². The molecule has 0 spiro atoms. The van der Waals surface area contributed by atoms with E-state index in [1.807, 2.05) is 16.8 Å². The summed E-state index contributed by atoms with van der Waals surface area (Å²) in [6, 6.07) is 1.83. The third-order valence-electron chi connectivity index (χ3n) is 3.66. The number of aliphatic hydroxyl groups is 1. The van der Waals surface area contributed by atoms with E-state index in [9.17, 15) is 9.90 Å². The zero-order chi connectivity index (χ0) is 12.1. The second-order valence-corrected chi connectivity index (χ2v) is 5.69. The predicted octanol–water partition coefficient (Wildman–Crippen LogP) is 2.42. The maximum atomic E-state index is 11.8. The quantitative estimate of drug-likeness (QED) is 0.865. The number of aliphatic hydroxyl groups excluding tert-OH is 1. The Labute approximate surface area is 106 Å². The molecular formula is C13H19NO2S. The lowest BCUT2D eigenvalue weighted by Gasteiger charge is -2.35. The number of carbonyl (C=O) groups excluding carboxylic acids is 1. The van der Waals surface area contributed by atoms with Gasteiger partial charge < -0.3 is 10.4 Å². The summed E-state index contributed by atoms with van der Waals surface area (Å²) in [5.41, 5.74) is 0.642. The minimum Gasteiger partial charge on any atom is -0.396 e. The van der Waals surface area contributed by atoms with Crippen LogP contribution in [-0.4, -0.2) is 24.2 Å². The molecular weight excluding hydrogens is 234 g/mol. The van der Waals surface area contributed by atoms with Gasteiger partial charge in [0.1, 0.15) is 0 Å². The smallest absolute Gasteiger partial charge is 0.252 e. The Bertz CT molecular complexity index is 356. The van der Waals surface area contributed by atoms with Crippen LogP contribution in [0.4, 0.5) is 0 Å². The topological polar surface area (TPSA) is 49.3 Å². The van der Waals surface area contributed by atoms with E-state index in [2.05, 4.69) is 5.32 Å². The summed E-state index contributed by atoms with van der Waals surface area (Å²) in [7, 11) is 0. The molecule has 3 nitrogen and oxygen atoms in total. The molecule has 0 aromatic carbocycles. The van der Waals surface area contributed by atoms with Crippen LogP contribution in [-0.2, 0) is 0 Å². The van der Waals surface area contributed by atoms with Crippen LogP contribution in [0.2, 0.25) is 0 Å². The van der Waals surface area contributed by atoms with Crippen LogP contribution in [0.3, 0.4) is 0 Å². The third kappa shape index (κ3) is 3.07. The van der Waals surface area contributed by atoms with E-state index >= 15 is 0 Å². The fraction of sp³-hybridized carbons (Fsp3) is 0.615. The normalized spacial score (nSPS) is 18.9. The van der Waals surface area contributed by atoms with Crippen molar-refractivity contribution < 1.29 is 9.90 Å². The van der Waals surface area contributed by atoms with Gasteiger partial charge in [-0.05, 0) is 24.3 Å². The Morgan fingerprint density at radius 2 is 2.18 bits per heavy atom. The van der Waals surface area contributed by atoms with Crippen LogP contribution in [0.15, 0.2) is 16.8 Å². The molecule has 94 valence electrons. The fourth-order valence-electron chi connectivity index (χ4n) is 2.46. The summed E-state index contributed by atoms with van der Waals surface area (Å²) < 4.78 is 0. The number of carbonyl (C=O) groups is 1. The predicted molar refractivity (Wildman–Crippen MR) is 69.3 cm³/mol. The lowest BCUT2D eigenvalue weighted by atomic mass is 9.74. The minimum absolute atomic E-state index is 0.0235. The largest absolute Gasteiger partial charge is 0.396 e. The molecule has 1 aliphatic rings. The summed E-state index contributed by atoms with van der Waals surface area (Å²) in [5, 5.41) is 16.2. The van der Waals surface area contributed by atoms with Crippen molar-refractivity contribution in [1.29, 1.82) is 0 Å². The number of nitrogens with one attached hydrogen (secondary N) is 1. The average molecular weight is 253 g/mol. The summed E-state index contributed by atoms with van der Waals surface area (Å²) in [6.07, 6.45) is 5.62. The first-order valence-corrected chi connectivity index (χ1v) is 7.11. The highest BCUT2D eigenvalue weighted by Crippen LogP contribution is 2.35. The standard InChI is InChI=1S/C13H19NO2S/c15-10-13(5-2-1-3-6-13)9-14-12(16)11-4-7-17-8-11/h4,7-8,15H,1-3,5-6,9-10H2,(H,14,16). The van der Waals surface area contributed by atoms with Crippen LogP contribution in [0.1, 0.15) is 42.5 Å². The Kier molecular flexibility index (Phi) is 4.18. The molecule has 1 aliphatic carbocycles. The highest BCUT2D eigenvalue weighted by molar-refractivity contribution is 7.08. The molecule has 1 amide bonds. The SMILES string of the molecule is O=C(NCC1(CO)CCCCC1)c1ccsc1. The highest BCUT2D eigenvalue weighted by Gasteiger charge is 2.31. The average Bonchev–Trinajstić information content (AvgIpc) is 2.91. The molecule has 1 fully saturated rings. The van der Waals surface area contributed by atoms with Crippen molar-refractivity contribution in [1.82, 2.24) is 5.32 Å². The number of amides is 1. The van der Waals surface area contributed by atoms with Crippen molar-refractivity contribution in [2.24, 2.45) is 5.41 Å². The first-order valence-electron chi connectivity index (χ1n) is 6.17. The molecule has 1 aromatic rings. The van der Waals surface area contributed by atoms with Crippen molar-refractivity contribution in [3.05, 3.63) is 22.4 Å². The fourth-order valence-corrected chi connectivity index (χ4v) is 3.09. The van der Waals surface area contributed by atoms with Crippen LogP contribution in [0.25, 0.3) is 0 Å². The van der Waals surface area contributed by atoms with Gasteiger partial charge in [-0.2, -0.15) is 11.3 Å². The molecule has 0 aliphatic heterocycles. The number of hydrogen-bond donors (Lipinski definition) is 2. The first-order chi connectivity index (χ1) is 8.26. The zero-order valence-electron chi connectivity index (χ0n) is 9.95. The first kappa shape index (κ1) is 12.6. The van der Waals surface area contributed by atoms with E-state index in [-0.39, 0.29) is 17.9 Å². The van der Waals surface area contributed by atoms with Crippen molar-refractivity contribution in [2.45, 2.75) is 32.1 Å². The number of rotatable bonds is 4. The Hall–Kier alpha value is -0.870. The maximum Gasteiger partial charge on any atom is 0.252 e. The van der Waals surface area contributed by atoms with Gasteiger partial charge in [0.05, 0.1) is 6.61 Å². The van der Waals surface area contributed by atoms with E-state index in [1.165, 1.54) is 17.8 Å². The van der Waals surface area contributed by atoms with Gasteiger partial charge in [0.2, 0.25) is 0 Å². The summed E-state index contributed by atoms with van der Waals surface area (Å²) in [6.45, 7) is 0.773. The monoisotopic (exact) mass is 253 g/mol. The van der Waals surface area contributed by atoms with Gasteiger partial charge in [0.15, 0.2) is 0 Å². The molecule has 1 heterocycles. The van der Waals surface area contributed by atoms with E-state index in [1.54, 1.807) is 0 Å². The number of thiophene rings is 1. The van der Waals surface area contributed by atoms with Gasteiger partial charge in [-0.15, -0.1) is 0 Å². The van der Waals surface area contributed by atoms with Gasteiger partial charge in [0, 0.05) is 22.9 Å². The zero-order valence-corrected chi connectivity index (χ0v) is 10.8.